The van der Waals surface area contributed by atoms with Gasteiger partial charge in [0, 0.05) is 0 Å². The van der Waals surface area contributed by atoms with Gasteiger partial charge in [0.1, 0.15) is 0 Å². The van der Waals surface area contributed by atoms with Gasteiger partial charge in [-0.2, -0.15) is 0 Å². The molecule has 2 aromatic rings. The smallest absolute Gasteiger partial charge is 0.0858 e. The lowest BCUT2D eigenvalue weighted by molar-refractivity contribution is 0.568. The van der Waals surface area contributed by atoms with E-state index in [9.17, 15) is 0 Å². The maximum Gasteiger partial charge on any atom is 0.0858 e. The van der Waals surface area contributed by atoms with Gasteiger partial charge >= 0.3 is 0 Å². The largest absolute Gasteiger partial charge is 0.298 e. The molecule has 106 valence electrons. The maximum absolute atomic E-state index is 3.60. The molecule has 0 aliphatic heterocycles. The van der Waals surface area contributed by atoms with Crippen LogP contribution in [0.2, 0.25) is 0 Å². The summed E-state index contributed by atoms with van der Waals surface area (Å²) in [6.45, 7) is 6.26. The molecule has 3 heteroatoms. The van der Waals surface area contributed by atoms with Gasteiger partial charge in [0.2, 0.25) is 0 Å². The molecule has 0 aliphatic carbocycles. The molecule has 0 saturated carbocycles. The summed E-state index contributed by atoms with van der Waals surface area (Å²) in [5.74, 6) is 0.310. The van der Waals surface area contributed by atoms with E-state index in [1.165, 1.54) is 10.6 Å². The SMILES string of the molecule is CCNC(NCC)P(c1ccccc1)c1ccccc1. The average Bonchev–Trinajstić information content (AvgIpc) is 2.50. The fourth-order valence-corrected chi connectivity index (χ4v) is 4.88. The Hall–Kier alpha value is -1.21. The summed E-state index contributed by atoms with van der Waals surface area (Å²) in [7, 11) is -0.448. The number of hydrogen-bond acceptors (Lipinski definition) is 2. The number of rotatable bonds is 7. The van der Waals surface area contributed by atoms with Crippen molar-refractivity contribution in [2.45, 2.75) is 19.8 Å². The van der Waals surface area contributed by atoms with Gasteiger partial charge in [-0.3, -0.25) is 10.6 Å². The second kappa shape index (κ2) is 8.16. The molecule has 0 spiro atoms. The summed E-state index contributed by atoms with van der Waals surface area (Å²) in [4.78, 5) is 0. The normalized spacial score (nSPS) is 11.2. The molecule has 0 amide bonds. The van der Waals surface area contributed by atoms with Crippen molar-refractivity contribution < 1.29 is 0 Å². The molecule has 2 rings (SSSR count). The second-order valence-corrected chi connectivity index (χ2v) is 6.85. The van der Waals surface area contributed by atoms with Crippen LogP contribution in [0.15, 0.2) is 60.7 Å². The van der Waals surface area contributed by atoms with Crippen molar-refractivity contribution in [2.75, 3.05) is 13.1 Å². The molecular formula is C17H23N2P. The Kier molecular flexibility index (Phi) is 6.20. The van der Waals surface area contributed by atoms with Crippen LogP contribution >= 0.6 is 7.92 Å². The fraction of sp³-hybridized carbons (Fsp3) is 0.294. The first-order valence-corrected chi connectivity index (χ1v) is 8.64. The standard InChI is InChI=1S/C17H23N2P/c1-3-18-17(19-4-2)20(15-11-7-5-8-12-15)16-13-9-6-10-14-16/h5-14,17-19H,3-4H2,1-2H3. The van der Waals surface area contributed by atoms with Crippen LogP contribution in [-0.4, -0.2) is 19.0 Å². The van der Waals surface area contributed by atoms with E-state index in [0.717, 1.165) is 13.1 Å². The Morgan fingerprint density at radius 1 is 0.750 bits per heavy atom. The Balaban J connectivity index is 2.38. The van der Waals surface area contributed by atoms with E-state index in [1.807, 2.05) is 0 Å². The minimum Gasteiger partial charge on any atom is -0.298 e. The van der Waals surface area contributed by atoms with E-state index in [-0.39, 0.29) is 0 Å². The van der Waals surface area contributed by atoms with Crippen molar-refractivity contribution >= 4 is 18.5 Å². The molecule has 0 unspecified atom stereocenters. The fourth-order valence-electron chi connectivity index (χ4n) is 2.27. The van der Waals surface area contributed by atoms with Crippen molar-refractivity contribution in [3.05, 3.63) is 60.7 Å². The van der Waals surface area contributed by atoms with Crippen molar-refractivity contribution in [3.63, 3.8) is 0 Å². The summed E-state index contributed by atoms with van der Waals surface area (Å²) < 4.78 is 0. The molecule has 0 radical (unpaired) electrons. The third-order valence-corrected chi connectivity index (χ3v) is 5.71. The Morgan fingerprint density at radius 2 is 1.15 bits per heavy atom. The summed E-state index contributed by atoms with van der Waals surface area (Å²) in [5.41, 5.74) is 0. The van der Waals surface area contributed by atoms with Crippen LogP contribution < -0.4 is 21.2 Å². The summed E-state index contributed by atoms with van der Waals surface area (Å²) >= 11 is 0. The molecule has 2 nitrogen and oxygen atoms in total. The third kappa shape index (κ3) is 3.89. The second-order valence-electron chi connectivity index (χ2n) is 4.56. The van der Waals surface area contributed by atoms with Crippen LogP contribution in [0.5, 0.6) is 0 Å². The van der Waals surface area contributed by atoms with Gasteiger partial charge in [0.15, 0.2) is 0 Å². The van der Waals surface area contributed by atoms with Gasteiger partial charge in [-0.1, -0.05) is 74.5 Å². The van der Waals surface area contributed by atoms with E-state index >= 15 is 0 Å². The van der Waals surface area contributed by atoms with Gasteiger partial charge < -0.3 is 0 Å². The van der Waals surface area contributed by atoms with Gasteiger partial charge in [0.05, 0.1) is 5.91 Å². The first-order valence-electron chi connectivity index (χ1n) is 7.23. The lowest BCUT2D eigenvalue weighted by Gasteiger charge is -2.29. The van der Waals surface area contributed by atoms with Gasteiger partial charge in [-0.25, -0.2) is 0 Å². The van der Waals surface area contributed by atoms with Crippen LogP contribution in [0.3, 0.4) is 0 Å². The van der Waals surface area contributed by atoms with Crippen LogP contribution in [0, 0.1) is 0 Å². The summed E-state index contributed by atoms with van der Waals surface area (Å²) in [5, 5.41) is 10.0. The van der Waals surface area contributed by atoms with Gasteiger partial charge in [-0.05, 0) is 31.6 Å². The molecule has 0 aliphatic rings. The summed E-state index contributed by atoms with van der Waals surface area (Å²) in [6, 6.07) is 21.6. The molecule has 0 fully saturated rings. The van der Waals surface area contributed by atoms with Crippen molar-refractivity contribution in [3.8, 4) is 0 Å². The van der Waals surface area contributed by atoms with E-state index in [0.29, 0.717) is 5.91 Å². The van der Waals surface area contributed by atoms with E-state index < -0.39 is 7.92 Å². The van der Waals surface area contributed by atoms with Crippen LogP contribution in [-0.2, 0) is 0 Å². The van der Waals surface area contributed by atoms with E-state index in [4.69, 9.17) is 0 Å². The van der Waals surface area contributed by atoms with E-state index in [2.05, 4.69) is 85.1 Å². The Bertz CT molecular complexity index is 441. The molecule has 2 N–H and O–H groups in total. The van der Waals surface area contributed by atoms with Crippen LogP contribution in [0.1, 0.15) is 13.8 Å². The van der Waals surface area contributed by atoms with Crippen LogP contribution in [0.25, 0.3) is 0 Å². The molecule has 0 aromatic heterocycles. The first kappa shape index (κ1) is 15.2. The van der Waals surface area contributed by atoms with Crippen LogP contribution in [0.4, 0.5) is 0 Å². The lowest BCUT2D eigenvalue weighted by Crippen LogP contribution is -2.44. The molecule has 2 aromatic carbocycles. The maximum atomic E-state index is 3.60. The Morgan fingerprint density at radius 3 is 1.50 bits per heavy atom. The first-order chi connectivity index (χ1) is 9.86. The zero-order valence-corrected chi connectivity index (χ0v) is 13.1. The highest BCUT2D eigenvalue weighted by Crippen LogP contribution is 2.36. The number of nitrogens with one attached hydrogen (secondary N) is 2. The van der Waals surface area contributed by atoms with E-state index in [1.54, 1.807) is 0 Å². The minimum absolute atomic E-state index is 0.310. The lowest BCUT2D eigenvalue weighted by atomic mass is 10.4. The topological polar surface area (TPSA) is 24.1 Å². The average molecular weight is 286 g/mol. The molecule has 20 heavy (non-hydrogen) atoms. The number of hydrogen-bond donors (Lipinski definition) is 2. The minimum atomic E-state index is -0.448. The predicted octanol–water partition coefficient (Wildman–Crippen LogP) is 2.62. The summed E-state index contributed by atoms with van der Waals surface area (Å²) in [6.07, 6.45) is 0. The predicted molar refractivity (Wildman–Crippen MR) is 90.2 cm³/mol. The molecular weight excluding hydrogens is 263 g/mol. The molecule has 0 heterocycles. The highest BCUT2D eigenvalue weighted by molar-refractivity contribution is 7.73. The van der Waals surface area contributed by atoms with Crippen molar-refractivity contribution in [1.82, 2.24) is 10.6 Å². The monoisotopic (exact) mass is 286 g/mol. The molecule has 0 bridgehead atoms. The van der Waals surface area contributed by atoms with Gasteiger partial charge in [0.25, 0.3) is 0 Å². The van der Waals surface area contributed by atoms with Gasteiger partial charge in [-0.15, -0.1) is 0 Å². The highest BCUT2D eigenvalue weighted by atomic mass is 31.1. The molecule has 0 saturated heterocycles. The molecule has 0 atom stereocenters. The Labute approximate surface area is 123 Å². The third-order valence-electron chi connectivity index (χ3n) is 3.12. The van der Waals surface area contributed by atoms with Crippen molar-refractivity contribution in [2.24, 2.45) is 0 Å². The zero-order valence-electron chi connectivity index (χ0n) is 12.2. The zero-order chi connectivity index (χ0) is 14.2. The highest BCUT2D eigenvalue weighted by Gasteiger charge is 2.22. The quantitative estimate of drug-likeness (QED) is 0.604. The number of benzene rings is 2. The van der Waals surface area contributed by atoms with Crippen molar-refractivity contribution in [1.29, 1.82) is 0 Å².